The first-order chi connectivity index (χ1) is 10.6. The third-order valence-electron chi connectivity index (χ3n) is 2.75. The van der Waals surface area contributed by atoms with Gasteiger partial charge in [-0.05, 0) is 30.3 Å². The largest absolute Gasteiger partial charge is 0.436 e. The van der Waals surface area contributed by atoms with Gasteiger partial charge in [-0.2, -0.15) is 0 Å². The molecule has 0 unspecified atom stereocenters. The molecular weight excluding hydrogens is 312 g/mol. The standard InChI is InChI=1S/C15H8ClF2N3O/c16-9-3-1-4-10(7-9)22-13-8-19-15(21-20-13)14-11(17)5-2-6-12(14)18/h1-8H. The summed E-state index contributed by atoms with van der Waals surface area (Å²) < 4.78 is 32.7. The first-order valence-electron chi connectivity index (χ1n) is 6.21. The van der Waals surface area contributed by atoms with Gasteiger partial charge in [0.15, 0.2) is 5.82 Å². The Morgan fingerprint density at radius 3 is 2.32 bits per heavy atom. The van der Waals surface area contributed by atoms with E-state index < -0.39 is 11.6 Å². The fraction of sp³-hybridized carbons (Fsp3) is 0. The topological polar surface area (TPSA) is 47.9 Å². The van der Waals surface area contributed by atoms with Gasteiger partial charge in [0.05, 0.1) is 11.8 Å². The molecule has 0 amide bonds. The van der Waals surface area contributed by atoms with Gasteiger partial charge in [0.1, 0.15) is 17.4 Å². The van der Waals surface area contributed by atoms with Crippen LogP contribution in [0.3, 0.4) is 0 Å². The number of aromatic nitrogens is 3. The molecule has 3 rings (SSSR count). The van der Waals surface area contributed by atoms with Crippen molar-refractivity contribution in [3.8, 4) is 23.0 Å². The molecular formula is C15H8ClF2N3O. The van der Waals surface area contributed by atoms with Crippen LogP contribution in [-0.2, 0) is 0 Å². The average molecular weight is 320 g/mol. The SMILES string of the molecule is Fc1cccc(F)c1-c1ncc(Oc2cccc(Cl)c2)nn1. The Labute approximate surface area is 129 Å². The lowest BCUT2D eigenvalue weighted by Crippen LogP contribution is -1.99. The molecule has 4 nitrogen and oxygen atoms in total. The van der Waals surface area contributed by atoms with E-state index in [1.54, 1.807) is 24.3 Å². The summed E-state index contributed by atoms with van der Waals surface area (Å²) in [6.07, 6.45) is 1.23. The molecule has 0 aliphatic heterocycles. The molecule has 2 aromatic carbocycles. The minimum absolute atomic E-state index is 0.0859. The predicted molar refractivity (Wildman–Crippen MR) is 76.7 cm³/mol. The summed E-state index contributed by atoms with van der Waals surface area (Å²) in [7, 11) is 0. The van der Waals surface area contributed by atoms with Crippen molar-refractivity contribution in [3.63, 3.8) is 0 Å². The average Bonchev–Trinajstić information content (AvgIpc) is 2.49. The van der Waals surface area contributed by atoms with Crippen molar-refractivity contribution in [2.75, 3.05) is 0 Å². The summed E-state index contributed by atoms with van der Waals surface area (Å²) in [6, 6.07) is 10.2. The molecule has 22 heavy (non-hydrogen) atoms. The summed E-state index contributed by atoms with van der Waals surface area (Å²) in [6.45, 7) is 0. The minimum Gasteiger partial charge on any atom is -0.436 e. The van der Waals surface area contributed by atoms with Gasteiger partial charge in [-0.15, -0.1) is 10.2 Å². The van der Waals surface area contributed by atoms with E-state index in [4.69, 9.17) is 16.3 Å². The zero-order chi connectivity index (χ0) is 15.5. The summed E-state index contributed by atoms with van der Waals surface area (Å²) >= 11 is 5.84. The lowest BCUT2D eigenvalue weighted by atomic mass is 10.2. The Balaban J connectivity index is 1.87. The summed E-state index contributed by atoms with van der Waals surface area (Å²) in [4.78, 5) is 3.88. The molecule has 3 aromatic rings. The molecule has 0 saturated carbocycles. The molecule has 0 spiro atoms. The monoisotopic (exact) mass is 319 g/mol. The number of ether oxygens (including phenoxy) is 1. The van der Waals surface area contributed by atoms with E-state index in [9.17, 15) is 8.78 Å². The summed E-state index contributed by atoms with van der Waals surface area (Å²) in [5, 5.41) is 7.94. The van der Waals surface area contributed by atoms with Crippen molar-refractivity contribution in [1.29, 1.82) is 0 Å². The van der Waals surface area contributed by atoms with Crippen LogP contribution in [0.1, 0.15) is 0 Å². The second-order valence-corrected chi connectivity index (χ2v) is 4.71. The summed E-state index contributed by atoms with van der Waals surface area (Å²) in [5.41, 5.74) is -0.329. The molecule has 0 bridgehead atoms. The molecule has 7 heteroatoms. The Morgan fingerprint density at radius 1 is 0.955 bits per heavy atom. The maximum Gasteiger partial charge on any atom is 0.257 e. The third kappa shape index (κ3) is 3.01. The Bertz CT molecular complexity index is 792. The Hall–Kier alpha value is -2.60. The fourth-order valence-electron chi connectivity index (χ4n) is 1.79. The molecule has 0 atom stereocenters. The maximum absolute atomic E-state index is 13.6. The molecule has 0 fully saturated rings. The number of hydrogen-bond donors (Lipinski definition) is 0. The van der Waals surface area contributed by atoms with Gasteiger partial charge in [0, 0.05) is 5.02 Å². The molecule has 110 valence electrons. The third-order valence-corrected chi connectivity index (χ3v) is 2.98. The van der Waals surface area contributed by atoms with Gasteiger partial charge < -0.3 is 4.74 Å². The number of halogens is 3. The number of hydrogen-bond acceptors (Lipinski definition) is 4. The van der Waals surface area contributed by atoms with Crippen LogP contribution in [0, 0.1) is 11.6 Å². The molecule has 0 aliphatic rings. The zero-order valence-corrected chi connectivity index (χ0v) is 11.8. The molecule has 0 saturated heterocycles. The summed E-state index contributed by atoms with van der Waals surface area (Å²) in [5.74, 6) is -1.14. The van der Waals surface area contributed by atoms with E-state index in [-0.39, 0.29) is 17.3 Å². The van der Waals surface area contributed by atoms with Gasteiger partial charge in [-0.25, -0.2) is 13.8 Å². The van der Waals surface area contributed by atoms with E-state index in [0.29, 0.717) is 10.8 Å². The highest BCUT2D eigenvalue weighted by Gasteiger charge is 2.14. The van der Waals surface area contributed by atoms with Gasteiger partial charge in [-0.1, -0.05) is 23.7 Å². The van der Waals surface area contributed by atoms with Crippen molar-refractivity contribution in [1.82, 2.24) is 15.2 Å². The van der Waals surface area contributed by atoms with Crippen LogP contribution in [0.15, 0.2) is 48.7 Å². The van der Waals surface area contributed by atoms with Gasteiger partial charge in [0.2, 0.25) is 0 Å². The minimum atomic E-state index is -0.759. The van der Waals surface area contributed by atoms with Crippen molar-refractivity contribution in [2.24, 2.45) is 0 Å². The lowest BCUT2D eigenvalue weighted by Gasteiger charge is -2.05. The lowest BCUT2D eigenvalue weighted by molar-refractivity contribution is 0.451. The molecule has 1 heterocycles. The van der Waals surface area contributed by atoms with Crippen LogP contribution < -0.4 is 4.74 Å². The van der Waals surface area contributed by atoms with Crippen molar-refractivity contribution in [2.45, 2.75) is 0 Å². The number of rotatable bonds is 3. The predicted octanol–water partition coefficient (Wildman–Crippen LogP) is 4.26. The zero-order valence-electron chi connectivity index (χ0n) is 11.0. The molecule has 0 radical (unpaired) electrons. The first kappa shape index (κ1) is 14.3. The second-order valence-electron chi connectivity index (χ2n) is 4.28. The quantitative estimate of drug-likeness (QED) is 0.723. The first-order valence-corrected chi connectivity index (χ1v) is 6.59. The number of nitrogens with zero attached hydrogens (tertiary/aromatic N) is 3. The van der Waals surface area contributed by atoms with Gasteiger partial charge in [0.25, 0.3) is 5.88 Å². The van der Waals surface area contributed by atoms with Crippen LogP contribution in [0.4, 0.5) is 8.78 Å². The maximum atomic E-state index is 13.6. The van der Waals surface area contributed by atoms with E-state index in [0.717, 1.165) is 12.1 Å². The molecule has 0 N–H and O–H groups in total. The van der Waals surface area contributed by atoms with E-state index in [1.165, 1.54) is 12.3 Å². The van der Waals surface area contributed by atoms with Crippen LogP contribution in [0.2, 0.25) is 5.02 Å². The highest BCUT2D eigenvalue weighted by Crippen LogP contribution is 2.24. The molecule has 1 aromatic heterocycles. The van der Waals surface area contributed by atoms with E-state index in [2.05, 4.69) is 15.2 Å². The van der Waals surface area contributed by atoms with Crippen molar-refractivity contribution in [3.05, 3.63) is 65.3 Å². The highest BCUT2D eigenvalue weighted by molar-refractivity contribution is 6.30. The smallest absolute Gasteiger partial charge is 0.257 e. The fourth-order valence-corrected chi connectivity index (χ4v) is 1.97. The van der Waals surface area contributed by atoms with Gasteiger partial charge in [-0.3, -0.25) is 0 Å². The Morgan fingerprint density at radius 2 is 1.68 bits per heavy atom. The highest BCUT2D eigenvalue weighted by atomic mass is 35.5. The van der Waals surface area contributed by atoms with Crippen molar-refractivity contribution < 1.29 is 13.5 Å². The van der Waals surface area contributed by atoms with Gasteiger partial charge >= 0.3 is 0 Å². The van der Waals surface area contributed by atoms with E-state index >= 15 is 0 Å². The van der Waals surface area contributed by atoms with Crippen LogP contribution in [0.25, 0.3) is 11.4 Å². The normalized spacial score (nSPS) is 10.5. The van der Waals surface area contributed by atoms with E-state index in [1.807, 2.05) is 0 Å². The van der Waals surface area contributed by atoms with Crippen LogP contribution >= 0.6 is 11.6 Å². The van der Waals surface area contributed by atoms with Crippen LogP contribution in [-0.4, -0.2) is 15.2 Å². The van der Waals surface area contributed by atoms with Crippen LogP contribution in [0.5, 0.6) is 11.6 Å². The molecule has 0 aliphatic carbocycles. The van der Waals surface area contributed by atoms with Crippen molar-refractivity contribution >= 4 is 11.6 Å². The Kier molecular flexibility index (Phi) is 3.93. The second kappa shape index (κ2) is 6.03. The number of benzene rings is 2.